The minimum Gasteiger partial charge on any atom is -0.349 e. The molecule has 2 aromatic carbocycles. The summed E-state index contributed by atoms with van der Waals surface area (Å²) in [5.74, 6) is -0.431. The quantitative estimate of drug-likeness (QED) is 0.818. The van der Waals surface area contributed by atoms with Gasteiger partial charge >= 0.3 is 0 Å². The first-order valence-electron chi connectivity index (χ1n) is 6.39. The highest BCUT2D eigenvalue weighted by atomic mass is 19.1. The molecule has 0 saturated carbocycles. The molecule has 0 aromatic heterocycles. The second-order valence-electron chi connectivity index (χ2n) is 4.75. The van der Waals surface area contributed by atoms with Gasteiger partial charge in [0, 0.05) is 17.0 Å². The standard InChI is InChI=1S/C16H14FNO/c17-15-10-9-14(12-7-3-4-8-13(12)15)16(19)18-11-5-1-2-6-11/h1-4,7-11H,5-6H2,(H,18,19). The zero-order valence-electron chi connectivity index (χ0n) is 10.4. The normalized spacial score (nSPS) is 15.0. The van der Waals surface area contributed by atoms with Crippen LogP contribution in [0.4, 0.5) is 4.39 Å². The molecule has 0 saturated heterocycles. The number of rotatable bonds is 2. The van der Waals surface area contributed by atoms with Crippen LogP contribution in [0.5, 0.6) is 0 Å². The number of hydrogen-bond acceptors (Lipinski definition) is 1. The molecule has 19 heavy (non-hydrogen) atoms. The smallest absolute Gasteiger partial charge is 0.252 e. The van der Waals surface area contributed by atoms with E-state index >= 15 is 0 Å². The van der Waals surface area contributed by atoms with E-state index in [-0.39, 0.29) is 17.8 Å². The van der Waals surface area contributed by atoms with Gasteiger partial charge in [0.1, 0.15) is 5.82 Å². The lowest BCUT2D eigenvalue weighted by Gasteiger charge is -2.13. The summed E-state index contributed by atoms with van der Waals surface area (Å²) in [6.07, 6.45) is 5.86. The summed E-state index contributed by atoms with van der Waals surface area (Å²) >= 11 is 0. The van der Waals surface area contributed by atoms with Crippen molar-refractivity contribution in [2.75, 3.05) is 0 Å². The maximum atomic E-state index is 13.7. The molecule has 0 atom stereocenters. The highest BCUT2D eigenvalue weighted by Crippen LogP contribution is 2.22. The third-order valence-corrected chi connectivity index (χ3v) is 3.46. The number of benzene rings is 2. The Labute approximate surface area is 110 Å². The van der Waals surface area contributed by atoms with Crippen LogP contribution in [0.1, 0.15) is 23.2 Å². The molecule has 0 aliphatic heterocycles. The van der Waals surface area contributed by atoms with E-state index in [0.717, 1.165) is 12.8 Å². The summed E-state index contributed by atoms with van der Waals surface area (Å²) in [5, 5.41) is 4.13. The number of fused-ring (bicyclic) bond motifs is 1. The molecular weight excluding hydrogens is 241 g/mol. The van der Waals surface area contributed by atoms with Crippen LogP contribution in [0.2, 0.25) is 0 Å². The lowest BCUT2D eigenvalue weighted by molar-refractivity contribution is 0.0940. The van der Waals surface area contributed by atoms with Crippen molar-refractivity contribution in [1.29, 1.82) is 0 Å². The van der Waals surface area contributed by atoms with Crippen LogP contribution in [-0.2, 0) is 0 Å². The molecule has 0 fully saturated rings. The topological polar surface area (TPSA) is 29.1 Å². The molecule has 1 amide bonds. The lowest BCUT2D eigenvalue weighted by atomic mass is 10.0. The predicted molar refractivity (Wildman–Crippen MR) is 73.5 cm³/mol. The molecule has 1 N–H and O–H groups in total. The Hall–Kier alpha value is -2.16. The largest absolute Gasteiger partial charge is 0.349 e. The molecular formula is C16H14FNO. The number of hydrogen-bond donors (Lipinski definition) is 1. The van der Waals surface area contributed by atoms with Crippen molar-refractivity contribution in [3.05, 3.63) is 59.9 Å². The number of carbonyl (C=O) groups is 1. The van der Waals surface area contributed by atoms with Crippen LogP contribution in [0.3, 0.4) is 0 Å². The SMILES string of the molecule is O=C(NC1CC=CC1)c1ccc(F)c2ccccc12. The first kappa shape index (κ1) is 11.9. The van der Waals surface area contributed by atoms with E-state index in [4.69, 9.17) is 0 Å². The van der Waals surface area contributed by atoms with Gasteiger partial charge in [-0.25, -0.2) is 4.39 Å². The molecule has 0 heterocycles. The highest BCUT2D eigenvalue weighted by Gasteiger charge is 2.17. The van der Waals surface area contributed by atoms with Crippen LogP contribution < -0.4 is 5.32 Å². The molecule has 96 valence electrons. The third-order valence-electron chi connectivity index (χ3n) is 3.46. The van der Waals surface area contributed by atoms with Gasteiger partial charge in [-0.15, -0.1) is 0 Å². The Kier molecular flexibility index (Phi) is 3.03. The average molecular weight is 255 g/mol. The zero-order chi connectivity index (χ0) is 13.2. The van der Waals surface area contributed by atoms with Gasteiger partial charge in [-0.1, -0.05) is 36.4 Å². The molecule has 2 nitrogen and oxygen atoms in total. The fourth-order valence-electron chi connectivity index (χ4n) is 2.46. The minimum atomic E-state index is -0.297. The van der Waals surface area contributed by atoms with Crippen LogP contribution in [0.25, 0.3) is 10.8 Å². The molecule has 0 spiro atoms. The Morgan fingerprint density at radius 2 is 1.74 bits per heavy atom. The molecule has 3 rings (SSSR count). The lowest BCUT2D eigenvalue weighted by Crippen LogP contribution is -2.32. The average Bonchev–Trinajstić information content (AvgIpc) is 2.92. The van der Waals surface area contributed by atoms with E-state index < -0.39 is 0 Å². The zero-order valence-corrected chi connectivity index (χ0v) is 10.4. The summed E-state index contributed by atoms with van der Waals surface area (Å²) in [4.78, 5) is 12.3. The van der Waals surface area contributed by atoms with Crippen molar-refractivity contribution >= 4 is 16.7 Å². The van der Waals surface area contributed by atoms with E-state index in [1.807, 2.05) is 6.07 Å². The summed E-state index contributed by atoms with van der Waals surface area (Å²) in [5.41, 5.74) is 0.531. The van der Waals surface area contributed by atoms with Gasteiger partial charge in [-0.2, -0.15) is 0 Å². The van der Waals surface area contributed by atoms with E-state index in [0.29, 0.717) is 16.3 Å². The monoisotopic (exact) mass is 255 g/mol. The van der Waals surface area contributed by atoms with Gasteiger partial charge in [0.2, 0.25) is 0 Å². The van der Waals surface area contributed by atoms with Crippen molar-refractivity contribution in [1.82, 2.24) is 5.32 Å². The van der Waals surface area contributed by atoms with Gasteiger partial charge < -0.3 is 5.32 Å². The third kappa shape index (κ3) is 2.24. The van der Waals surface area contributed by atoms with Crippen molar-refractivity contribution in [3.8, 4) is 0 Å². The molecule has 0 bridgehead atoms. The second kappa shape index (κ2) is 4.84. The summed E-state index contributed by atoms with van der Waals surface area (Å²) < 4.78 is 13.7. The molecule has 0 radical (unpaired) electrons. The Bertz CT molecular complexity index is 655. The predicted octanol–water partition coefficient (Wildman–Crippen LogP) is 3.43. The van der Waals surface area contributed by atoms with Crippen LogP contribution in [0, 0.1) is 5.82 Å². The molecule has 1 aliphatic rings. The maximum absolute atomic E-state index is 13.7. The van der Waals surface area contributed by atoms with Gasteiger partial charge in [0.05, 0.1) is 0 Å². The molecule has 3 heteroatoms. The van der Waals surface area contributed by atoms with Crippen molar-refractivity contribution in [2.45, 2.75) is 18.9 Å². The van der Waals surface area contributed by atoms with Crippen LogP contribution >= 0.6 is 0 Å². The van der Waals surface area contributed by atoms with Crippen molar-refractivity contribution in [3.63, 3.8) is 0 Å². The van der Waals surface area contributed by atoms with Crippen molar-refractivity contribution in [2.24, 2.45) is 0 Å². The Morgan fingerprint density at radius 1 is 1.05 bits per heavy atom. The second-order valence-corrected chi connectivity index (χ2v) is 4.75. The fourth-order valence-corrected chi connectivity index (χ4v) is 2.46. The van der Waals surface area contributed by atoms with E-state index in [9.17, 15) is 9.18 Å². The first-order chi connectivity index (χ1) is 9.25. The number of carbonyl (C=O) groups excluding carboxylic acids is 1. The van der Waals surface area contributed by atoms with Gasteiger partial charge in [-0.3, -0.25) is 4.79 Å². The summed E-state index contributed by atoms with van der Waals surface area (Å²) in [7, 11) is 0. The fraction of sp³-hybridized carbons (Fsp3) is 0.188. The number of amides is 1. The van der Waals surface area contributed by atoms with E-state index in [1.54, 1.807) is 24.3 Å². The van der Waals surface area contributed by atoms with Gasteiger partial charge in [0.15, 0.2) is 0 Å². The molecule has 2 aromatic rings. The molecule has 0 unspecified atom stereocenters. The number of nitrogens with one attached hydrogen (secondary N) is 1. The minimum absolute atomic E-state index is 0.134. The van der Waals surface area contributed by atoms with Crippen molar-refractivity contribution < 1.29 is 9.18 Å². The summed E-state index contributed by atoms with van der Waals surface area (Å²) in [6.45, 7) is 0. The van der Waals surface area contributed by atoms with E-state index in [2.05, 4.69) is 17.5 Å². The van der Waals surface area contributed by atoms with Crippen LogP contribution in [-0.4, -0.2) is 11.9 Å². The van der Waals surface area contributed by atoms with Crippen LogP contribution in [0.15, 0.2) is 48.6 Å². The highest BCUT2D eigenvalue weighted by molar-refractivity contribution is 6.07. The Morgan fingerprint density at radius 3 is 2.47 bits per heavy atom. The van der Waals surface area contributed by atoms with E-state index in [1.165, 1.54) is 6.07 Å². The summed E-state index contributed by atoms with van der Waals surface area (Å²) in [6, 6.07) is 10.1. The first-order valence-corrected chi connectivity index (χ1v) is 6.39. The van der Waals surface area contributed by atoms with Gasteiger partial charge in [0.25, 0.3) is 5.91 Å². The number of halogens is 1. The maximum Gasteiger partial charge on any atom is 0.252 e. The van der Waals surface area contributed by atoms with Gasteiger partial charge in [-0.05, 0) is 30.4 Å². The Balaban J connectivity index is 1.96. The molecule has 1 aliphatic carbocycles.